The number of aliphatic hydroxyl groups excluding tert-OH is 1. The second-order valence-electron chi connectivity index (χ2n) is 5.42. The molecule has 0 aliphatic carbocycles. The van der Waals surface area contributed by atoms with Gasteiger partial charge in [-0.1, -0.05) is 11.6 Å². The molecule has 21 heavy (non-hydrogen) atoms. The largest absolute Gasteiger partial charge is 0.392 e. The number of nitrogens with one attached hydrogen (secondary N) is 1. The van der Waals surface area contributed by atoms with E-state index in [1.54, 1.807) is 30.2 Å². The number of anilines is 1. The number of urea groups is 1. The van der Waals surface area contributed by atoms with Gasteiger partial charge in [0, 0.05) is 38.4 Å². The molecule has 0 unspecified atom stereocenters. The molecule has 1 fully saturated rings. The highest BCUT2D eigenvalue weighted by atomic mass is 35.5. The molecule has 1 aliphatic heterocycles. The van der Waals surface area contributed by atoms with Crippen LogP contribution in [-0.4, -0.2) is 64.2 Å². The Morgan fingerprint density at radius 3 is 3.00 bits per heavy atom. The van der Waals surface area contributed by atoms with Gasteiger partial charge in [0.25, 0.3) is 0 Å². The van der Waals surface area contributed by atoms with Crippen LogP contribution in [0.1, 0.15) is 13.8 Å². The topological polar surface area (TPSA) is 68.7 Å². The van der Waals surface area contributed by atoms with Gasteiger partial charge in [0.15, 0.2) is 5.15 Å². The minimum atomic E-state index is -0.355. The van der Waals surface area contributed by atoms with E-state index in [2.05, 4.69) is 15.2 Å². The van der Waals surface area contributed by atoms with Gasteiger partial charge in [0.1, 0.15) is 0 Å². The van der Waals surface area contributed by atoms with E-state index in [4.69, 9.17) is 11.6 Å². The predicted molar refractivity (Wildman–Crippen MR) is 82.6 cm³/mol. The maximum Gasteiger partial charge on any atom is 0.322 e. The second kappa shape index (κ2) is 7.06. The highest BCUT2D eigenvalue weighted by Crippen LogP contribution is 2.19. The maximum absolute atomic E-state index is 12.3. The molecule has 1 aliphatic rings. The van der Waals surface area contributed by atoms with Gasteiger partial charge in [-0.05, 0) is 26.0 Å². The van der Waals surface area contributed by atoms with Gasteiger partial charge in [-0.3, -0.25) is 4.90 Å². The van der Waals surface area contributed by atoms with Crippen LogP contribution in [-0.2, 0) is 0 Å². The zero-order chi connectivity index (χ0) is 15.4. The lowest BCUT2D eigenvalue weighted by Crippen LogP contribution is -2.56. The van der Waals surface area contributed by atoms with E-state index in [9.17, 15) is 9.90 Å². The van der Waals surface area contributed by atoms with E-state index in [0.717, 1.165) is 13.1 Å². The highest BCUT2D eigenvalue weighted by molar-refractivity contribution is 6.32. The summed E-state index contributed by atoms with van der Waals surface area (Å²) in [5.41, 5.74) is 0.516. The molecule has 0 saturated carbocycles. The molecule has 2 N–H and O–H groups in total. The van der Waals surface area contributed by atoms with Crippen LogP contribution in [0.4, 0.5) is 10.5 Å². The number of rotatable bonds is 3. The number of hydrogen-bond donors (Lipinski definition) is 2. The molecule has 1 aromatic heterocycles. The summed E-state index contributed by atoms with van der Waals surface area (Å²) in [5, 5.41) is 12.5. The second-order valence-corrected chi connectivity index (χ2v) is 5.78. The Hall–Kier alpha value is -1.37. The van der Waals surface area contributed by atoms with Gasteiger partial charge in [0.05, 0.1) is 11.8 Å². The summed E-state index contributed by atoms with van der Waals surface area (Å²) in [6.45, 7) is 6.53. The fourth-order valence-corrected chi connectivity index (χ4v) is 2.71. The number of carbonyl (C=O) groups is 1. The average molecular weight is 313 g/mol. The Labute approximate surface area is 129 Å². The Morgan fingerprint density at radius 1 is 1.62 bits per heavy atom. The van der Waals surface area contributed by atoms with Crippen molar-refractivity contribution >= 4 is 23.3 Å². The van der Waals surface area contributed by atoms with Gasteiger partial charge in [-0.15, -0.1) is 0 Å². The first-order chi connectivity index (χ1) is 9.97. The SMILES string of the molecule is C[C@H](O)CN1CCN(C(=O)Nc2cccnc2Cl)[C@H](C)C1. The zero-order valence-corrected chi connectivity index (χ0v) is 13.0. The number of halogens is 1. The lowest BCUT2D eigenvalue weighted by molar-refractivity contribution is 0.0692. The Morgan fingerprint density at radius 2 is 2.38 bits per heavy atom. The van der Waals surface area contributed by atoms with Crippen molar-refractivity contribution in [1.82, 2.24) is 14.8 Å². The summed E-state index contributed by atoms with van der Waals surface area (Å²) in [6.07, 6.45) is 1.22. The number of carbonyl (C=O) groups excluding carboxylic acids is 1. The number of aromatic nitrogens is 1. The van der Waals surface area contributed by atoms with Crippen molar-refractivity contribution in [2.75, 3.05) is 31.5 Å². The molecule has 1 aromatic rings. The maximum atomic E-state index is 12.3. The van der Waals surface area contributed by atoms with Gasteiger partial charge in [0.2, 0.25) is 0 Å². The summed E-state index contributed by atoms with van der Waals surface area (Å²) < 4.78 is 0. The van der Waals surface area contributed by atoms with Crippen molar-refractivity contribution in [3.8, 4) is 0 Å². The average Bonchev–Trinajstić information content (AvgIpc) is 2.40. The first-order valence-corrected chi connectivity index (χ1v) is 7.43. The van der Waals surface area contributed by atoms with Crippen LogP contribution in [0.15, 0.2) is 18.3 Å². The van der Waals surface area contributed by atoms with Crippen molar-refractivity contribution in [3.63, 3.8) is 0 Å². The Balaban J connectivity index is 1.93. The van der Waals surface area contributed by atoms with E-state index in [1.165, 1.54) is 0 Å². The molecule has 1 saturated heterocycles. The first-order valence-electron chi connectivity index (χ1n) is 7.06. The van der Waals surface area contributed by atoms with Crippen LogP contribution in [0, 0.1) is 0 Å². The number of β-amino-alcohol motifs (C(OH)–C–C–N with tert-alkyl or cyclic N) is 1. The summed E-state index contributed by atoms with van der Waals surface area (Å²) in [5.74, 6) is 0. The highest BCUT2D eigenvalue weighted by Gasteiger charge is 2.28. The number of piperazine rings is 1. The Bertz CT molecular complexity index is 498. The third kappa shape index (κ3) is 4.30. The quantitative estimate of drug-likeness (QED) is 0.833. The Kier molecular flexibility index (Phi) is 5.39. The van der Waals surface area contributed by atoms with Crippen molar-refractivity contribution < 1.29 is 9.90 Å². The summed E-state index contributed by atoms with van der Waals surface area (Å²) in [4.78, 5) is 20.2. The van der Waals surface area contributed by atoms with E-state index >= 15 is 0 Å². The minimum absolute atomic E-state index is 0.0768. The van der Waals surface area contributed by atoms with Crippen molar-refractivity contribution in [1.29, 1.82) is 0 Å². The lowest BCUT2D eigenvalue weighted by Gasteiger charge is -2.40. The van der Waals surface area contributed by atoms with Gasteiger partial charge >= 0.3 is 6.03 Å². The van der Waals surface area contributed by atoms with Crippen LogP contribution >= 0.6 is 11.6 Å². The third-order valence-corrected chi connectivity index (χ3v) is 3.80. The lowest BCUT2D eigenvalue weighted by atomic mass is 10.2. The molecule has 2 atom stereocenters. The molecule has 0 bridgehead atoms. The van der Waals surface area contributed by atoms with E-state index in [0.29, 0.717) is 18.8 Å². The normalized spacial score (nSPS) is 21.1. The summed E-state index contributed by atoms with van der Waals surface area (Å²) >= 11 is 5.94. The predicted octanol–water partition coefficient (Wildman–Crippen LogP) is 1.65. The van der Waals surface area contributed by atoms with Crippen molar-refractivity contribution in [2.24, 2.45) is 0 Å². The smallest absolute Gasteiger partial charge is 0.322 e. The van der Waals surface area contributed by atoms with Crippen LogP contribution in [0.25, 0.3) is 0 Å². The molecular weight excluding hydrogens is 292 g/mol. The van der Waals surface area contributed by atoms with Crippen LogP contribution in [0.3, 0.4) is 0 Å². The molecule has 2 heterocycles. The van der Waals surface area contributed by atoms with E-state index in [-0.39, 0.29) is 23.3 Å². The molecule has 2 rings (SSSR count). The minimum Gasteiger partial charge on any atom is -0.392 e. The van der Waals surface area contributed by atoms with Crippen molar-refractivity contribution in [2.45, 2.75) is 26.0 Å². The van der Waals surface area contributed by atoms with Gasteiger partial charge in [-0.2, -0.15) is 0 Å². The number of hydrogen-bond acceptors (Lipinski definition) is 4. The first kappa shape index (κ1) is 16.0. The van der Waals surface area contributed by atoms with Crippen molar-refractivity contribution in [3.05, 3.63) is 23.5 Å². The molecule has 6 nitrogen and oxygen atoms in total. The summed E-state index contributed by atoms with van der Waals surface area (Å²) in [6, 6.07) is 3.36. The number of amides is 2. The van der Waals surface area contributed by atoms with Crippen LogP contribution in [0.5, 0.6) is 0 Å². The molecule has 7 heteroatoms. The zero-order valence-electron chi connectivity index (χ0n) is 12.3. The third-order valence-electron chi connectivity index (χ3n) is 3.50. The van der Waals surface area contributed by atoms with E-state index < -0.39 is 0 Å². The molecule has 2 amide bonds. The number of nitrogens with zero attached hydrogens (tertiary/aromatic N) is 3. The fraction of sp³-hybridized carbons (Fsp3) is 0.571. The van der Waals surface area contributed by atoms with Gasteiger partial charge in [-0.25, -0.2) is 9.78 Å². The molecule has 116 valence electrons. The number of aliphatic hydroxyl groups is 1. The molecule has 0 spiro atoms. The molecule has 0 aromatic carbocycles. The van der Waals surface area contributed by atoms with Crippen LogP contribution < -0.4 is 5.32 Å². The summed E-state index contributed by atoms with van der Waals surface area (Å²) in [7, 11) is 0. The van der Waals surface area contributed by atoms with E-state index in [1.807, 2.05) is 6.92 Å². The molecular formula is C14H21ClN4O2. The number of pyridine rings is 1. The van der Waals surface area contributed by atoms with Gasteiger partial charge < -0.3 is 15.3 Å². The fourth-order valence-electron chi connectivity index (χ4n) is 2.54. The monoisotopic (exact) mass is 312 g/mol. The standard InChI is InChI=1S/C14H21ClN4O2/c1-10-8-18(9-11(2)20)6-7-19(10)14(21)17-12-4-3-5-16-13(12)15/h3-5,10-11,20H,6-9H2,1-2H3,(H,17,21)/t10-,11+/m1/s1. The van der Waals surface area contributed by atoms with Crippen LogP contribution in [0.2, 0.25) is 5.15 Å². The molecule has 0 radical (unpaired) electrons.